The molecule has 7 fully saturated rings. The Morgan fingerprint density at radius 2 is 1.48 bits per heavy atom. The lowest BCUT2D eigenvalue weighted by Crippen LogP contribution is -2.63. The van der Waals surface area contributed by atoms with Gasteiger partial charge in [0.2, 0.25) is 23.6 Å². The number of carbonyl (C=O) groups excluding carboxylic acids is 5. The van der Waals surface area contributed by atoms with Crippen LogP contribution in [0.3, 0.4) is 0 Å². The van der Waals surface area contributed by atoms with E-state index in [0.29, 0.717) is 38.9 Å². The Morgan fingerprint density at radius 3 is 2.03 bits per heavy atom. The fourth-order valence-corrected chi connectivity index (χ4v) is 14.1. The maximum absolute atomic E-state index is 15.3. The van der Waals surface area contributed by atoms with Crippen LogP contribution in [0.4, 0.5) is 0 Å². The molecule has 14 heteroatoms. The molecule has 4 saturated carbocycles. The number of nitrogens with one attached hydrogen (secondary N) is 4. The monoisotopic (exact) mass is 828 g/mol. The second-order valence-corrected chi connectivity index (χ2v) is 22.8. The standard InChI is InChI=1S/C44H73N7O6S/c1-9-30-26-44(30,39(56)48-58(8,57)50-24-14-15-25-50)47-36(53)32-27-43(41(6,7)42(43)21-17-22-42)28-51(32)38(55)34(40(3,4)5)46-37(54)33(29-18-12-11-13-19-29)45-35(52)31-20-16-23-49(31)10-2/h29-34H,8-28H2,1-7H3,(H,45,52)(H,46,54)(H,47,53)(H,48,56,57)/t30-,31+,32?,33?,34-,43?,44?,58?/m1/s1. The van der Waals surface area contributed by atoms with Crippen molar-refractivity contribution in [1.82, 2.24) is 34.8 Å². The molecule has 0 aromatic rings. The first-order valence-corrected chi connectivity index (χ1v) is 24.4. The number of likely N-dealkylation sites (tertiary alicyclic amines) is 2. The van der Waals surface area contributed by atoms with Crippen LogP contribution in [0.2, 0.25) is 0 Å². The third kappa shape index (κ3) is 7.20. The molecule has 0 radical (unpaired) electrons. The maximum atomic E-state index is 15.3. The van der Waals surface area contributed by atoms with Crippen molar-refractivity contribution in [2.24, 2.45) is 33.5 Å². The van der Waals surface area contributed by atoms with Crippen molar-refractivity contribution in [3.63, 3.8) is 0 Å². The first-order valence-electron chi connectivity index (χ1n) is 22.7. The first-order chi connectivity index (χ1) is 27.3. The molecule has 5 unspecified atom stereocenters. The van der Waals surface area contributed by atoms with E-state index in [0.717, 1.165) is 90.1 Å². The van der Waals surface area contributed by atoms with Crippen molar-refractivity contribution in [2.45, 2.75) is 174 Å². The zero-order valence-corrected chi connectivity index (χ0v) is 37.3. The average Bonchev–Trinajstić information content (AvgIpc) is 3.58. The molecule has 4 aliphatic carbocycles. The summed E-state index contributed by atoms with van der Waals surface area (Å²) in [5, 5.41) is 9.51. The highest BCUT2D eigenvalue weighted by atomic mass is 32.2. The van der Waals surface area contributed by atoms with E-state index in [1.807, 2.05) is 27.7 Å². The zero-order valence-electron chi connectivity index (χ0n) is 36.5. The van der Waals surface area contributed by atoms with Gasteiger partial charge in [-0.15, -0.1) is 0 Å². The van der Waals surface area contributed by atoms with Crippen LogP contribution in [0.25, 0.3) is 0 Å². The molecule has 3 aliphatic heterocycles. The summed E-state index contributed by atoms with van der Waals surface area (Å²) in [5.41, 5.74) is -2.29. The predicted molar refractivity (Wildman–Crippen MR) is 226 cm³/mol. The molecule has 7 aliphatic rings. The minimum absolute atomic E-state index is 0.0323. The summed E-state index contributed by atoms with van der Waals surface area (Å²) < 4.78 is 18.1. The normalized spacial score (nSPS) is 33.8. The summed E-state index contributed by atoms with van der Waals surface area (Å²) in [6, 6.07) is -2.86. The second kappa shape index (κ2) is 15.6. The molecule has 0 bridgehead atoms. The van der Waals surface area contributed by atoms with Gasteiger partial charge in [0.05, 0.1) is 6.04 Å². The van der Waals surface area contributed by atoms with E-state index in [-0.39, 0.29) is 57.8 Å². The number of nitrogens with zero attached hydrogens (tertiary/aromatic N) is 3. The third-order valence-corrected chi connectivity index (χ3v) is 18.4. The lowest BCUT2D eigenvalue weighted by atomic mass is 9.73. The first kappa shape index (κ1) is 43.4. The van der Waals surface area contributed by atoms with E-state index in [1.54, 1.807) is 9.21 Å². The number of fused-ring (bicyclic) bond motifs is 1. The van der Waals surface area contributed by atoms with E-state index in [4.69, 9.17) is 0 Å². The highest BCUT2D eigenvalue weighted by Gasteiger charge is 2.85. The van der Waals surface area contributed by atoms with Gasteiger partial charge in [0.15, 0.2) is 0 Å². The molecule has 13 nitrogen and oxygen atoms in total. The molecule has 0 aromatic carbocycles. The van der Waals surface area contributed by atoms with Gasteiger partial charge in [-0.25, -0.2) is 8.51 Å². The van der Waals surface area contributed by atoms with Gasteiger partial charge in [-0.05, 0) is 111 Å². The van der Waals surface area contributed by atoms with Crippen molar-refractivity contribution < 1.29 is 28.2 Å². The number of likely N-dealkylation sites (N-methyl/N-ethyl adjacent to an activating group) is 1. The molecule has 2 spiro atoms. The Hall–Kier alpha value is -2.71. The lowest BCUT2D eigenvalue weighted by molar-refractivity contribution is -0.145. The molecule has 0 aromatic heterocycles. The molecule has 5 amide bonds. The molecule has 8 atom stereocenters. The van der Waals surface area contributed by atoms with E-state index in [2.05, 4.69) is 52.2 Å². The van der Waals surface area contributed by atoms with Gasteiger partial charge in [-0.1, -0.05) is 80.6 Å². The summed E-state index contributed by atoms with van der Waals surface area (Å²) in [6.07, 6.45) is 13.0. The van der Waals surface area contributed by atoms with Crippen molar-refractivity contribution in [2.75, 3.05) is 32.7 Å². The zero-order chi connectivity index (χ0) is 42.1. The third-order valence-electron chi connectivity index (χ3n) is 16.7. The molecular weight excluding hydrogens is 755 g/mol. The van der Waals surface area contributed by atoms with Crippen LogP contribution in [0, 0.1) is 33.5 Å². The Bertz CT molecular complexity index is 1750. The smallest absolute Gasteiger partial charge is 0.258 e. The minimum atomic E-state index is -3.07. The molecular formula is C44H73N7O6S. The van der Waals surface area contributed by atoms with Gasteiger partial charge in [-0.3, -0.25) is 33.6 Å². The summed E-state index contributed by atoms with van der Waals surface area (Å²) in [6.45, 7) is 17.6. The van der Waals surface area contributed by atoms with Gasteiger partial charge in [-0.2, -0.15) is 0 Å². The van der Waals surface area contributed by atoms with E-state index in [9.17, 15) is 23.4 Å². The Labute approximate surface area is 347 Å². The van der Waals surface area contributed by atoms with Crippen molar-refractivity contribution >= 4 is 45.3 Å². The number of carbonyl (C=O) groups is 5. The number of rotatable bonds is 13. The second-order valence-electron chi connectivity index (χ2n) is 20.8. The largest absolute Gasteiger partial charge is 0.343 e. The number of amides is 5. The summed E-state index contributed by atoms with van der Waals surface area (Å²) >= 11 is 0. The quantitative estimate of drug-likeness (QED) is 0.205. The topological polar surface area (TPSA) is 160 Å². The molecule has 326 valence electrons. The SMILES string of the molecule is C=S(=O)(NC(=O)C1(NC(=O)C2CC3(CN2C(=O)[C@@H](NC(=O)C(NC(=O)[C@@H]2CCCN2CC)C2CCCCC2)C(C)(C)C)C(C)(C)C32CCC2)C[C@H]1CC)N1CCCC1. The maximum Gasteiger partial charge on any atom is 0.258 e. The fourth-order valence-electron chi connectivity index (χ4n) is 12.6. The molecule has 58 heavy (non-hydrogen) atoms. The van der Waals surface area contributed by atoms with Crippen molar-refractivity contribution in [3.8, 4) is 0 Å². The lowest BCUT2D eigenvalue weighted by Gasteiger charge is -2.38. The van der Waals surface area contributed by atoms with Crippen LogP contribution in [-0.2, 0) is 33.9 Å². The van der Waals surface area contributed by atoms with E-state index >= 15 is 4.79 Å². The summed E-state index contributed by atoms with van der Waals surface area (Å²) in [7, 11) is -3.07. The number of hydrogen-bond donors (Lipinski definition) is 4. The van der Waals surface area contributed by atoms with Gasteiger partial charge < -0.3 is 20.9 Å². The summed E-state index contributed by atoms with van der Waals surface area (Å²) in [4.78, 5) is 76.5. The fraction of sp³-hybridized carbons (Fsp3) is 0.864. The van der Waals surface area contributed by atoms with Crippen molar-refractivity contribution in [1.29, 1.82) is 0 Å². The Morgan fingerprint density at radius 1 is 0.810 bits per heavy atom. The molecule has 4 N–H and O–H groups in total. The van der Waals surface area contributed by atoms with Gasteiger partial charge in [0.25, 0.3) is 5.91 Å². The van der Waals surface area contributed by atoms with Crippen LogP contribution in [0.15, 0.2) is 0 Å². The Kier molecular flexibility index (Phi) is 11.7. The predicted octanol–water partition coefficient (Wildman–Crippen LogP) is 3.91. The van der Waals surface area contributed by atoms with Crippen LogP contribution in [0.1, 0.15) is 145 Å². The Balaban J connectivity index is 1.15. The van der Waals surface area contributed by atoms with Crippen molar-refractivity contribution in [3.05, 3.63) is 0 Å². The minimum Gasteiger partial charge on any atom is -0.343 e. The average molecular weight is 828 g/mol. The van der Waals surface area contributed by atoms with Crippen LogP contribution in [-0.4, -0.2) is 116 Å². The van der Waals surface area contributed by atoms with Crippen LogP contribution in [0.5, 0.6) is 0 Å². The summed E-state index contributed by atoms with van der Waals surface area (Å²) in [5.74, 6) is 2.08. The highest BCUT2D eigenvalue weighted by Crippen LogP contribution is 2.88. The van der Waals surface area contributed by atoms with Gasteiger partial charge in [0, 0.05) is 25.0 Å². The van der Waals surface area contributed by atoms with Crippen LogP contribution >= 0.6 is 0 Å². The highest BCUT2D eigenvalue weighted by molar-refractivity contribution is 7.96. The molecule has 7 rings (SSSR count). The van der Waals surface area contributed by atoms with Gasteiger partial charge in [0.1, 0.15) is 33.6 Å². The number of hydrogen-bond acceptors (Lipinski definition) is 7. The van der Waals surface area contributed by atoms with Gasteiger partial charge >= 0.3 is 0 Å². The van der Waals surface area contributed by atoms with E-state index in [1.165, 1.54) is 0 Å². The molecule has 3 saturated heterocycles. The molecule has 3 heterocycles. The van der Waals surface area contributed by atoms with E-state index < -0.39 is 44.9 Å². The van der Waals surface area contributed by atoms with Crippen LogP contribution < -0.4 is 20.7 Å².